The molecule has 0 bridgehead atoms. The standard InChI is InChI=1S/C23H22ClFN6O3/c1-33-19-9-17-18(10-20(19)34-7-3-6-24)27-13-28-23(17)30-16-11-29-31(12-16)21(22(26)32)14-4-2-5-15(25)8-14/h2,4-5,8-13,21H,3,6-7H2,1H3,(H2,26,32)(H,27,28,30). The Hall–Kier alpha value is -3.92. The van der Waals surface area contributed by atoms with Gasteiger partial charge in [0.05, 0.1) is 31.1 Å². The fourth-order valence-corrected chi connectivity index (χ4v) is 3.59. The summed E-state index contributed by atoms with van der Waals surface area (Å²) in [4.78, 5) is 20.8. The molecule has 4 aromatic rings. The summed E-state index contributed by atoms with van der Waals surface area (Å²) in [7, 11) is 1.55. The average molecular weight is 485 g/mol. The first-order valence-electron chi connectivity index (χ1n) is 10.4. The van der Waals surface area contributed by atoms with Crippen LogP contribution in [-0.2, 0) is 4.79 Å². The number of anilines is 2. The van der Waals surface area contributed by atoms with Crippen LogP contribution in [0.3, 0.4) is 0 Å². The highest BCUT2D eigenvalue weighted by atomic mass is 35.5. The zero-order valence-corrected chi connectivity index (χ0v) is 19.0. The maximum atomic E-state index is 13.7. The number of hydrogen-bond acceptors (Lipinski definition) is 7. The predicted octanol–water partition coefficient (Wildman–Crippen LogP) is 3.80. The fraction of sp³-hybridized carbons (Fsp3) is 0.217. The van der Waals surface area contributed by atoms with E-state index in [1.54, 1.807) is 31.5 Å². The summed E-state index contributed by atoms with van der Waals surface area (Å²) in [6, 6.07) is 8.24. The Morgan fingerprint density at radius 3 is 2.85 bits per heavy atom. The number of fused-ring (bicyclic) bond motifs is 1. The molecule has 0 saturated heterocycles. The largest absolute Gasteiger partial charge is 0.493 e. The Morgan fingerprint density at radius 1 is 1.26 bits per heavy atom. The number of alkyl halides is 1. The van der Waals surface area contributed by atoms with Gasteiger partial charge in [-0.15, -0.1) is 11.6 Å². The van der Waals surface area contributed by atoms with Crippen LogP contribution in [0.25, 0.3) is 10.9 Å². The second-order valence-corrected chi connectivity index (χ2v) is 7.71. The normalized spacial score (nSPS) is 11.9. The average Bonchev–Trinajstić information content (AvgIpc) is 3.26. The molecule has 1 unspecified atom stereocenters. The van der Waals surface area contributed by atoms with Crippen molar-refractivity contribution < 1.29 is 18.7 Å². The van der Waals surface area contributed by atoms with E-state index in [1.165, 1.54) is 35.4 Å². The van der Waals surface area contributed by atoms with Crippen molar-refractivity contribution in [3.63, 3.8) is 0 Å². The van der Waals surface area contributed by atoms with Crippen LogP contribution in [0, 0.1) is 5.82 Å². The van der Waals surface area contributed by atoms with Crippen LogP contribution >= 0.6 is 11.6 Å². The summed E-state index contributed by atoms with van der Waals surface area (Å²) < 4.78 is 26.3. The Kier molecular flexibility index (Phi) is 7.07. The Balaban J connectivity index is 1.63. The van der Waals surface area contributed by atoms with E-state index in [1.807, 2.05) is 0 Å². The Bertz CT molecular complexity index is 1320. The van der Waals surface area contributed by atoms with Gasteiger partial charge < -0.3 is 20.5 Å². The van der Waals surface area contributed by atoms with E-state index in [0.29, 0.717) is 58.4 Å². The maximum Gasteiger partial charge on any atom is 0.246 e. The number of amides is 1. The van der Waals surface area contributed by atoms with Crippen LogP contribution < -0.4 is 20.5 Å². The van der Waals surface area contributed by atoms with Gasteiger partial charge in [-0.1, -0.05) is 12.1 Å². The molecule has 1 atom stereocenters. The minimum atomic E-state index is -0.971. The van der Waals surface area contributed by atoms with Crippen LogP contribution in [-0.4, -0.2) is 45.3 Å². The molecule has 1 amide bonds. The number of methoxy groups -OCH3 is 1. The molecule has 176 valence electrons. The molecule has 0 aliphatic carbocycles. The first kappa shape index (κ1) is 23.2. The second kappa shape index (κ2) is 10.3. The molecular formula is C23H22ClFN6O3. The van der Waals surface area contributed by atoms with Gasteiger partial charge in [0.25, 0.3) is 0 Å². The lowest BCUT2D eigenvalue weighted by Gasteiger charge is -2.14. The highest BCUT2D eigenvalue weighted by molar-refractivity contribution is 6.17. The van der Waals surface area contributed by atoms with Gasteiger partial charge in [-0.05, 0) is 30.2 Å². The Morgan fingerprint density at radius 2 is 2.12 bits per heavy atom. The van der Waals surface area contributed by atoms with E-state index in [4.69, 9.17) is 26.8 Å². The molecule has 34 heavy (non-hydrogen) atoms. The smallest absolute Gasteiger partial charge is 0.246 e. The number of carbonyl (C=O) groups is 1. The number of nitrogens with two attached hydrogens (primary N) is 1. The zero-order valence-electron chi connectivity index (χ0n) is 18.2. The van der Waals surface area contributed by atoms with E-state index in [2.05, 4.69) is 20.4 Å². The van der Waals surface area contributed by atoms with E-state index >= 15 is 0 Å². The molecule has 0 aliphatic heterocycles. The van der Waals surface area contributed by atoms with Crippen LogP contribution in [0.15, 0.2) is 55.1 Å². The second-order valence-electron chi connectivity index (χ2n) is 7.33. The number of hydrogen-bond donors (Lipinski definition) is 2. The first-order chi connectivity index (χ1) is 16.5. The van der Waals surface area contributed by atoms with Crippen molar-refractivity contribution in [2.75, 3.05) is 24.9 Å². The molecule has 0 aliphatic rings. The van der Waals surface area contributed by atoms with Gasteiger partial charge in [-0.25, -0.2) is 14.4 Å². The first-order valence-corrected chi connectivity index (χ1v) is 10.9. The number of aromatic nitrogens is 4. The maximum absolute atomic E-state index is 13.7. The van der Waals surface area contributed by atoms with Gasteiger partial charge in [-0.2, -0.15) is 5.10 Å². The lowest BCUT2D eigenvalue weighted by atomic mass is 10.1. The lowest BCUT2D eigenvalue weighted by Crippen LogP contribution is -2.27. The molecular weight excluding hydrogens is 463 g/mol. The van der Waals surface area contributed by atoms with E-state index in [0.717, 1.165) is 0 Å². The van der Waals surface area contributed by atoms with Crippen molar-refractivity contribution in [2.45, 2.75) is 12.5 Å². The number of benzene rings is 2. The summed E-state index contributed by atoms with van der Waals surface area (Å²) in [6.45, 7) is 0.451. The van der Waals surface area contributed by atoms with Gasteiger partial charge in [-0.3, -0.25) is 9.48 Å². The van der Waals surface area contributed by atoms with Crippen molar-refractivity contribution in [1.82, 2.24) is 19.7 Å². The molecule has 3 N–H and O–H groups in total. The summed E-state index contributed by atoms with van der Waals surface area (Å²) in [6.07, 6.45) is 5.23. The minimum absolute atomic E-state index is 0.390. The zero-order chi connectivity index (χ0) is 24.1. The molecule has 2 aromatic carbocycles. The molecule has 9 nitrogen and oxygen atoms in total. The molecule has 0 saturated carbocycles. The molecule has 4 rings (SSSR count). The summed E-state index contributed by atoms with van der Waals surface area (Å²) in [5.41, 5.74) is 7.16. The molecule has 11 heteroatoms. The highest BCUT2D eigenvalue weighted by Gasteiger charge is 2.22. The molecule has 0 radical (unpaired) electrons. The van der Waals surface area contributed by atoms with Crippen molar-refractivity contribution >= 4 is 39.9 Å². The van der Waals surface area contributed by atoms with Gasteiger partial charge >= 0.3 is 0 Å². The number of nitrogens with one attached hydrogen (secondary N) is 1. The van der Waals surface area contributed by atoms with Crippen molar-refractivity contribution in [3.8, 4) is 11.5 Å². The monoisotopic (exact) mass is 484 g/mol. The molecule has 2 aromatic heterocycles. The predicted molar refractivity (Wildman–Crippen MR) is 126 cm³/mol. The van der Waals surface area contributed by atoms with Crippen LogP contribution in [0.2, 0.25) is 0 Å². The van der Waals surface area contributed by atoms with Gasteiger partial charge in [0.1, 0.15) is 18.0 Å². The number of nitrogens with zero attached hydrogens (tertiary/aromatic N) is 4. The SMILES string of the molecule is COc1cc2c(Nc3cnn(C(C(N)=O)c4cccc(F)c4)c3)ncnc2cc1OCCCCl. The third kappa shape index (κ3) is 5.01. The molecule has 2 heterocycles. The van der Waals surface area contributed by atoms with E-state index < -0.39 is 17.8 Å². The van der Waals surface area contributed by atoms with Crippen molar-refractivity contribution in [3.05, 3.63) is 66.5 Å². The topological polar surface area (TPSA) is 117 Å². The van der Waals surface area contributed by atoms with Gasteiger partial charge in [0.15, 0.2) is 17.5 Å². The number of halogens is 2. The number of primary amides is 1. The summed E-state index contributed by atoms with van der Waals surface area (Å²) >= 11 is 5.73. The molecule has 0 spiro atoms. The number of carbonyl (C=O) groups excluding carboxylic acids is 1. The minimum Gasteiger partial charge on any atom is -0.493 e. The summed E-state index contributed by atoms with van der Waals surface area (Å²) in [5.74, 6) is 0.931. The van der Waals surface area contributed by atoms with Crippen LogP contribution in [0.4, 0.5) is 15.9 Å². The van der Waals surface area contributed by atoms with Crippen LogP contribution in [0.5, 0.6) is 11.5 Å². The van der Waals surface area contributed by atoms with E-state index in [-0.39, 0.29) is 0 Å². The fourth-order valence-electron chi connectivity index (χ4n) is 3.48. The third-order valence-corrected chi connectivity index (χ3v) is 5.29. The quantitative estimate of drug-likeness (QED) is 0.259. The third-order valence-electron chi connectivity index (χ3n) is 5.02. The lowest BCUT2D eigenvalue weighted by molar-refractivity contribution is -0.120. The van der Waals surface area contributed by atoms with Crippen molar-refractivity contribution in [2.24, 2.45) is 5.73 Å². The van der Waals surface area contributed by atoms with Gasteiger partial charge in [0.2, 0.25) is 5.91 Å². The Labute approximate surface area is 199 Å². The summed E-state index contributed by atoms with van der Waals surface area (Å²) in [5, 5.41) is 8.10. The van der Waals surface area contributed by atoms with E-state index in [9.17, 15) is 9.18 Å². The molecule has 0 fully saturated rings. The van der Waals surface area contributed by atoms with Crippen molar-refractivity contribution in [1.29, 1.82) is 0 Å². The highest BCUT2D eigenvalue weighted by Crippen LogP contribution is 2.35. The number of ether oxygens (including phenoxy) is 2. The van der Waals surface area contributed by atoms with Crippen LogP contribution in [0.1, 0.15) is 18.0 Å². The number of rotatable bonds is 10. The van der Waals surface area contributed by atoms with Gasteiger partial charge in [0, 0.05) is 23.5 Å².